The number of carbonyl (C=O) groups excluding carboxylic acids is 1. The Bertz CT molecular complexity index is 461. The summed E-state index contributed by atoms with van der Waals surface area (Å²) >= 11 is 0. The van der Waals surface area contributed by atoms with Gasteiger partial charge in [0, 0.05) is 5.39 Å². The number of phenols is 1. The molecule has 0 amide bonds. The summed E-state index contributed by atoms with van der Waals surface area (Å²) in [7, 11) is 0. The van der Waals surface area contributed by atoms with E-state index in [0.29, 0.717) is 17.2 Å². The maximum Gasteiger partial charge on any atom is 0.153 e. The minimum absolute atomic E-state index is 0.0631. The van der Waals surface area contributed by atoms with Crippen molar-refractivity contribution in [1.82, 2.24) is 0 Å². The number of phenolic OH excluding ortho intramolecular Hbond substituents is 1. The Labute approximate surface area is 75.4 Å². The van der Waals surface area contributed by atoms with Crippen molar-refractivity contribution in [2.45, 2.75) is 0 Å². The lowest BCUT2D eigenvalue weighted by atomic mass is 10.1. The predicted molar refractivity (Wildman–Crippen MR) is 51.0 cm³/mol. The first-order valence-corrected chi connectivity index (χ1v) is 3.99. The summed E-state index contributed by atoms with van der Waals surface area (Å²) in [5.74, 6) is 0.0631. The molecule has 0 saturated carbocycles. The molecule has 0 aliphatic rings. The van der Waals surface area contributed by atoms with Crippen molar-refractivity contribution in [3.63, 3.8) is 0 Å². The van der Waals surface area contributed by atoms with E-state index in [1.807, 2.05) is 24.3 Å². The fourth-order valence-corrected chi connectivity index (χ4v) is 1.37. The van der Waals surface area contributed by atoms with Crippen LogP contribution in [0.4, 0.5) is 0 Å². The Morgan fingerprint density at radius 2 is 1.85 bits per heavy atom. The van der Waals surface area contributed by atoms with Gasteiger partial charge in [-0.15, -0.1) is 0 Å². The van der Waals surface area contributed by atoms with Crippen molar-refractivity contribution in [2.24, 2.45) is 0 Å². The monoisotopic (exact) mass is 172 g/mol. The van der Waals surface area contributed by atoms with Gasteiger partial charge in [0.25, 0.3) is 0 Å². The molecule has 2 aromatic carbocycles. The molecule has 0 fully saturated rings. The lowest BCUT2D eigenvalue weighted by molar-refractivity contribution is 0.112. The third kappa shape index (κ3) is 1.16. The van der Waals surface area contributed by atoms with E-state index in [1.54, 1.807) is 12.1 Å². The minimum atomic E-state index is 0.0631. The van der Waals surface area contributed by atoms with Gasteiger partial charge in [-0.2, -0.15) is 0 Å². The summed E-state index contributed by atoms with van der Waals surface area (Å²) < 4.78 is 0. The zero-order valence-corrected chi connectivity index (χ0v) is 6.90. The minimum Gasteiger partial charge on any atom is -0.507 e. The number of aldehydes is 1. The third-order valence-electron chi connectivity index (χ3n) is 2.06. The van der Waals surface area contributed by atoms with E-state index in [0.717, 1.165) is 5.39 Å². The van der Waals surface area contributed by atoms with Crippen molar-refractivity contribution in [3.8, 4) is 5.75 Å². The average Bonchev–Trinajstić information content (AvgIpc) is 2.19. The largest absolute Gasteiger partial charge is 0.507 e. The van der Waals surface area contributed by atoms with Crippen LogP contribution in [0.5, 0.6) is 5.75 Å². The van der Waals surface area contributed by atoms with E-state index in [4.69, 9.17) is 0 Å². The molecular formula is C11H8O2. The van der Waals surface area contributed by atoms with E-state index in [1.165, 1.54) is 0 Å². The van der Waals surface area contributed by atoms with Gasteiger partial charge < -0.3 is 5.11 Å². The molecule has 2 heteroatoms. The fourth-order valence-electron chi connectivity index (χ4n) is 1.37. The number of carbonyl (C=O) groups is 1. The summed E-state index contributed by atoms with van der Waals surface area (Å²) in [5.41, 5.74) is 0.332. The highest BCUT2D eigenvalue weighted by molar-refractivity contribution is 5.95. The van der Waals surface area contributed by atoms with Gasteiger partial charge in [0.2, 0.25) is 0 Å². The molecule has 0 aliphatic carbocycles. The molecule has 0 saturated heterocycles. The molecule has 2 rings (SSSR count). The molecular weight excluding hydrogens is 164 g/mol. The maximum absolute atomic E-state index is 10.5. The van der Waals surface area contributed by atoms with Gasteiger partial charge in [0.05, 0.1) is 5.56 Å². The normalized spacial score (nSPS) is 10.2. The highest BCUT2D eigenvalue weighted by Gasteiger charge is 2.03. The summed E-state index contributed by atoms with van der Waals surface area (Å²) in [6.07, 6.45) is 0.655. The first-order chi connectivity index (χ1) is 6.33. The molecule has 0 aromatic heterocycles. The van der Waals surface area contributed by atoms with E-state index in [2.05, 4.69) is 0 Å². The molecule has 64 valence electrons. The van der Waals surface area contributed by atoms with E-state index < -0.39 is 0 Å². The Balaban J connectivity index is 2.86. The van der Waals surface area contributed by atoms with Gasteiger partial charge >= 0.3 is 0 Å². The van der Waals surface area contributed by atoms with Gasteiger partial charge in [-0.05, 0) is 11.5 Å². The molecule has 0 unspecified atom stereocenters. The lowest BCUT2D eigenvalue weighted by Crippen LogP contribution is -1.82. The van der Waals surface area contributed by atoms with Crippen LogP contribution in [0, 0.1) is 0 Å². The molecule has 0 atom stereocenters. The van der Waals surface area contributed by atoms with Crippen LogP contribution in [0.2, 0.25) is 0 Å². The average molecular weight is 172 g/mol. The van der Waals surface area contributed by atoms with Gasteiger partial charge in [0.15, 0.2) is 6.29 Å². The Morgan fingerprint density at radius 1 is 1.08 bits per heavy atom. The second-order valence-electron chi connectivity index (χ2n) is 2.84. The van der Waals surface area contributed by atoms with Crippen LogP contribution >= 0.6 is 0 Å². The molecule has 0 bridgehead atoms. The van der Waals surface area contributed by atoms with Gasteiger partial charge in [-0.1, -0.05) is 30.3 Å². The zero-order valence-electron chi connectivity index (χ0n) is 6.90. The van der Waals surface area contributed by atoms with Crippen LogP contribution < -0.4 is 0 Å². The maximum atomic E-state index is 10.5. The number of hydrogen-bond acceptors (Lipinski definition) is 2. The number of hydrogen-bond donors (Lipinski definition) is 1. The van der Waals surface area contributed by atoms with Crippen molar-refractivity contribution in [3.05, 3.63) is 42.0 Å². The van der Waals surface area contributed by atoms with Crippen molar-refractivity contribution >= 4 is 17.1 Å². The smallest absolute Gasteiger partial charge is 0.153 e. The predicted octanol–water partition coefficient (Wildman–Crippen LogP) is 2.36. The molecule has 0 spiro atoms. The van der Waals surface area contributed by atoms with Crippen LogP contribution in [-0.2, 0) is 0 Å². The Kier molecular flexibility index (Phi) is 1.74. The van der Waals surface area contributed by atoms with Gasteiger partial charge in [-0.25, -0.2) is 0 Å². The fraction of sp³-hybridized carbons (Fsp3) is 0. The summed E-state index contributed by atoms with van der Waals surface area (Å²) in [6, 6.07) is 10.8. The van der Waals surface area contributed by atoms with Crippen LogP contribution in [0.25, 0.3) is 10.8 Å². The Morgan fingerprint density at radius 3 is 2.62 bits per heavy atom. The SMILES string of the molecule is O=Cc1ccc2ccccc2c1O. The van der Waals surface area contributed by atoms with Gasteiger partial charge in [-0.3, -0.25) is 4.79 Å². The quantitative estimate of drug-likeness (QED) is 0.670. The number of rotatable bonds is 1. The van der Waals surface area contributed by atoms with Crippen molar-refractivity contribution < 1.29 is 9.90 Å². The molecule has 0 heterocycles. The molecule has 2 aromatic rings. The second-order valence-corrected chi connectivity index (χ2v) is 2.84. The van der Waals surface area contributed by atoms with Gasteiger partial charge in [0.1, 0.15) is 5.75 Å². The van der Waals surface area contributed by atoms with Crippen molar-refractivity contribution in [2.75, 3.05) is 0 Å². The topological polar surface area (TPSA) is 37.3 Å². The van der Waals surface area contributed by atoms with Crippen molar-refractivity contribution in [1.29, 1.82) is 0 Å². The van der Waals surface area contributed by atoms with E-state index in [9.17, 15) is 9.90 Å². The van der Waals surface area contributed by atoms with E-state index >= 15 is 0 Å². The zero-order chi connectivity index (χ0) is 9.26. The second kappa shape index (κ2) is 2.90. The molecule has 1 N–H and O–H groups in total. The van der Waals surface area contributed by atoms with E-state index in [-0.39, 0.29) is 5.75 Å². The summed E-state index contributed by atoms with van der Waals surface area (Å²) in [5, 5.41) is 11.3. The molecule has 0 aliphatic heterocycles. The number of aromatic hydroxyl groups is 1. The van der Waals surface area contributed by atoms with Crippen LogP contribution in [0.1, 0.15) is 10.4 Å². The summed E-state index contributed by atoms with van der Waals surface area (Å²) in [6.45, 7) is 0. The number of fused-ring (bicyclic) bond motifs is 1. The standard InChI is InChI=1S/C11H8O2/c12-7-9-6-5-8-3-1-2-4-10(8)11(9)13/h1-7,13H. The number of benzene rings is 2. The highest BCUT2D eigenvalue weighted by Crippen LogP contribution is 2.26. The third-order valence-corrected chi connectivity index (χ3v) is 2.06. The first-order valence-electron chi connectivity index (χ1n) is 3.99. The molecule has 0 radical (unpaired) electrons. The lowest BCUT2D eigenvalue weighted by Gasteiger charge is -2.01. The molecule has 2 nitrogen and oxygen atoms in total. The molecule has 13 heavy (non-hydrogen) atoms. The Hall–Kier alpha value is -1.83. The van der Waals surface area contributed by atoms with Crippen LogP contribution in [0.15, 0.2) is 36.4 Å². The van der Waals surface area contributed by atoms with Crippen LogP contribution in [-0.4, -0.2) is 11.4 Å². The first kappa shape index (κ1) is 7.80. The highest BCUT2D eigenvalue weighted by atomic mass is 16.3. The van der Waals surface area contributed by atoms with Crippen LogP contribution in [0.3, 0.4) is 0 Å². The summed E-state index contributed by atoms with van der Waals surface area (Å²) in [4.78, 5) is 10.5.